The molecule has 27 heavy (non-hydrogen) atoms. The van der Waals surface area contributed by atoms with Gasteiger partial charge in [-0.05, 0) is 31.0 Å². The molecule has 0 spiro atoms. The van der Waals surface area contributed by atoms with E-state index in [1.165, 1.54) is 6.07 Å². The second kappa shape index (κ2) is 9.12. The number of carbonyl (C=O) groups excluding carboxylic acids is 1. The SMILES string of the molecule is CN=C(NCc1cc(F)ccc1F)N1CCN(CC(=O)N2CCCC2)CC1. The summed E-state index contributed by atoms with van der Waals surface area (Å²) in [6, 6.07) is 3.43. The Kier molecular flexibility index (Phi) is 6.60. The highest BCUT2D eigenvalue weighted by Crippen LogP contribution is 2.11. The molecule has 1 aromatic rings. The Labute approximate surface area is 158 Å². The van der Waals surface area contributed by atoms with Gasteiger partial charge in [0, 0.05) is 58.4 Å². The van der Waals surface area contributed by atoms with Gasteiger partial charge in [0.2, 0.25) is 5.91 Å². The van der Waals surface area contributed by atoms with Crippen LogP contribution >= 0.6 is 0 Å². The van der Waals surface area contributed by atoms with Crippen LogP contribution in [0.1, 0.15) is 18.4 Å². The lowest BCUT2D eigenvalue weighted by Gasteiger charge is -2.36. The topological polar surface area (TPSA) is 51.2 Å². The number of hydrogen-bond donors (Lipinski definition) is 1. The molecule has 0 atom stereocenters. The fourth-order valence-electron chi connectivity index (χ4n) is 3.56. The number of nitrogens with zero attached hydrogens (tertiary/aromatic N) is 4. The summed E-state index contributed by atoms with van der Waals surface area (Å²) in [5, 5.41) is 3.10. The molecule has 1 N–H and O–H groups in total. The summed E-state index contributed by atoms with van der Waals surface area (Å²) in [6.45, 7) is 5.41. The average Bonchev–Trinajstić information content (AvgIpc) is 3.21. The lowest BCUT2D eigenvalue weighted by atomic mass is 10.2. The summed E-state index contributed by atoms with van der Waals surface area (Å²) >= 11 is 0. The Balaban J connectivity index is 1.47. The number of nitrogens with one attached hydrogen (secondary N) is 1. The van der Waals surface area contributed by atoms with E-state index in [0.29, 0.717) is 12.5 Å². The highest BCUT2D eigenvalue weighted by molar-refractivity contribution is 5.80. The van der Waals surface area contributed by atoms with Crippen LogP contribution in [0.4, 0.5) is 8.78 Å². The largest absolute Gasteiger partial charge is 0.352 e. The highest BCUT2D eigenvalue weighted by atomic mass is 19.1. The van der Waals surface area contributed by atoms with Gasteiger partial charge in [-0.2, -0.15) is 0 Å². The van der Waals surface area contributed by atoms with E-state index < -0.39 is 11.6 Å². The number of likely N-dealkylation sites (tertiary alicyclic amines) is 1. The van der Waals surface area contributed by atoms with Crippen LogP contribution in [-0.2, 0) is 11.3 Å². The molecule has 2 aliphatic rings. The molecule has 2 heterocycles. The predicted octanol–water partition coefficient (Wildman–Crippen LogP) is 1.28. The number of benzene rings is 1. The van der Waals surface area contributed by atoms with Crippen molar-refractivity contribution in [2.75, 3.05) is 52.9 Å². The van der Waals surface area contributed by atoms with Crippen LogP contribution in [0, 0.1) is 11.6 Å². The van der Waals surface area contributed by atoms with Crippen LogP contribution in [0.25, 0.3) is 0 Å². The Bertz CT molecular complexity index is 683. The monoisotopic (exact) mass is 379 g/mol. The van der Waals surface area contributed by atoms with Crippen molar-refractivity contribution in [2.45, 2.75) is 19.4 Å². The molecule has 3 rings (SSSR count). The third-order valence-electron chi connectivity index (χ3n) is 5.15. The van der Waals surface area contributed by atoms with Crippen LogP contribution in [0.3, 0.4) is 0 Å². The Morgan fingerprint density at radius 1 is 1.07 bits per heavy atom. The first-order chi connectivity index (χ1) is 13.1. The highest BCUT2D eigenvalue weighted by Gasteiger charge is 2.24. The molecule has 1 aromatic carbocycles. The number of piperazine rings is 1. The lowest BCUT2D eigenvalue weighted by molar-refractivity contribution is -0.131. The number of aliphatic imine (C=N–C) groups is 1. The number of guanidine groups is 1. The maximum absolute atomic E-state index is 13.8. The van der Waals surface area contributed by atoms with E-state index in [2.05, 4.69) is 20.1 Å². The van der Waals surface area contributed by atoms with Gasteiger partial charge in [-0.25, -0.2) is 8.78 Å². The van der Waals surface area contributed by atoms with Crippen LogP contribution in [0.5, 0.6) is 0 Å². The number of halogens is 2. The molecule has 2 saturated heterocycles. The Morgan fingerprint density at radius 3 is 2.44 bits per heavy atom. The smallest absolute Gasteiger partial charge is 0.236 e. The van der Waals surface area contributed by atoms with Gasteiger partial charge in [-0.1, -0.05) is 0 Å². The van der Waals surface area contributed by atoms with E-state index in [4.69, 9.17) is 0 Å². The summed E-state index contributed by atoms with van der Waals surface area (Å²) < 4.78 is 27.1. The molecule has 2 aliphatic heterocycles. The van der Waals surface area contributed by atoms with E-state index in [-0.39, 0.29) is 18.0 Å². The third-order valence-corrected chi connectivity index (χ3v) is 5.15. The zero-order valence-corrected chi connectivity index (χ0v) is 15.8. The summed E-state index contributed by atoms with van der Waals surface area (Å²) in [4.78, 5) is 22.7. The molecule has 1 amide bonds. The molecule has 0 unspecified atom stereocenters. The van der Waals surface area contributed by atoms with Crippen molar-refractivity contribution in [3.05, 3.63) is 35.4 Å². The molecule has 2 fully saturated rings. The van der Waals surface area contributed by atoms with E-state index in [1.54, 1.807) is 7.05 Å². The average molecular weight is 379 g/mol. The van der Waals surface area contributed by atoms with Crippen molar-refractivity contribution < 1.29 is 13.6 Å². The Morgan fingerprint density at radius 2 is 1.78 bits per heavy atom. The Hall–Kier alpha value is -2.22. The van der Waals surface area contributed by atoms with Gasteiger partial charge in [0.15, 0.2) is 5.96 Å². The van der Waals surface area contributed by atoms with Gasteiger partial charge < -0.3 is 15.1 Å². The van der Waals surface area contributed by atoms with E-state index >= 15 is 0 Å². The van der Waals surface area contributed by atoms with Gasteiger partial charge in [-0.15, -0.1) is 0 Å². The lowest BCUT2D eigenvalue weighted by Crippen LogP contribution is -2.54. The quantitative estimate of drug-likeness (QED) is 0.633. The number of amides is 1. The molecule has 0 aliphatic carbocycles. The first-order valence-electron chi connectivity index (χ1n) is 9.46. The molecule has 148 valence electrons. The predicted molar refractivity (Wildman–Crippen MR) is 100 cm³/mol. The van der Waals surface area contributed by atoms with Crippen molar-refractivity contribution in [1.29, 1.82) is 0 Å². The van der Waals surface area contributed by atoms with E-state index in [1.807, 2.05) is 4.90 Å². The second-order valence-corrected chi connectivity index (χ2v) is 6.99. The first kappa shape index (κ1) is 19.5. The number of rotatable bonds is 4. The minimum absolute atomic E-state index is 0.171. The molecular formula is C19H27F2N5O. The minimum atomic E-state index is -0.459. The standard InChI is InChI=1S/C19H27F2N5O/c1-22-19(23-13-15-12-16(20)4-5-17(15)21)26-10-8-24(9-11-26)14-18(27)25-6-2-3-7-25/h4-5,12H,2-3,6-11,13-14H2,1H3,(H,22,23). The molecule has 6 nitrogen and oxygen atoms in total. The molecular weight excluding hydrogens is 352 g/mol. The molecule has 8 heteroatoms. The van der Waals surface area contributed by atoms with Crippen molar-refractivity contribution in [3.8, 4) is 0 Å². The van der Waals surface area contributed by atoms with Crippen molar-refractivity contribution >= 4 is 11.9 Å². The minimum Gasteiger partial charge on any atom is -0.352 e. The fraction of sp³-hybridized carbons (Fsp3) is 0.579. The third kappa shape index (κ3) is 5.15. The van der Waals surface area contributed by atoms with E-state index in [0.717, 1.165) is 64.2 Å². The van der Waals surface area contributed by atoms with Crippen molar-refractivity contribution in [3.63, 3.8) is 0 Å². The van der Waals surface area contributed by atoms with Gasteiger partial charge in [0.1, 0.15) is 11.6 Å². The summed E-state index contributed by atoms with van der Waals surface area (Å²) in [5.74, 6) is -0.0294. The molecule has 0 saturated carbocycles. The first-order valence-corrected chi connectivity index (χ1v) is 9.46. The van der Waals surface area contributed by atoms with E-state index in [9.17, 15) is 13.6 Å². The zero-order chi connectivity index (χ0) is 19.2. The van der Waals surface area contributed by atoms with Crippen LogP contribution < -0.4 is 5.32 Å². The zero-order valence-electron chi connectivity index (χ0n) is 15.8. The van der Waals surface area contributed by atoms with Crippen LogP contribution in [-0.4, -0.2) is 79.4 Å². The normalized spacial score (nSPS) is 18.9. The molecule has 0 radical (unpaired) electrons. The van der Waals surface area contributed by atoms with Crippen LogP contribution in [0.15, 0.2) is 23.2 Å². The van der Waals surface area contributed by atoms with Crippen LogP contribution in [0.2, 0.25) is 0 Å². The van der Waals surface area contributed by atoms with Crippen molar-refractivity contribution in [2.24, 2.45) is 4.99 Å². The molecule has 0 aromatic heterocycles. The number of carbonyl (C=O) groups is 1. The summed E-state index contributed by atoms with van der Waals surface area (Å²) in [6.07, 6.45) is 2.21. The van der Waals surface area contributed by atoms with Gasteiger partial charge in [0.05, 0.1) is 6.54 Å². The maximum atomic E-state index is 13.8. The van der Waals surface area contributed by atoms with Gasteiger partial charge in [0.25, 0.3) is 0 Å². The summed E-state index contributed by atoms with van der Waals surface area (Å²) in [5.41, 5.74) is 0.269. The second-order valence-electron chi connectivity index (χ2n) is 6.99. The van der Waals surface area contributed by atoms with Crippen molar-refractivity contribution in [1.82, 2.24) is 20.0 Å². The van der Waals surface area contributed by atoms with Gasteiger partial charge in [-0.3, -0.25) is 14.7 Å². The number of hydrogen-bond acceptors (Lipinski definition) is 3. The fourth-order valence-corrected chi connectivity index (χ4v) is 3.56. The van der Waals surface area contributed by atoms with Gasteiger partial charge >= 0.3 is 0 Å². The molecule has 0 bridgehead atoms. The summed E-state index contributed by atoms with van der Waals surface area (Å²) in [7, 11) is 1.67. The maximum Gasteiger partial charge on any atom is 0.236 e.